The van der Waals surface area contributed by atoms with Gasteiger partial charge in [0.05, 0.1) is 23.6 Å². The highest BCUT2D eigenvalue weighted by Gasteiger charge is 2.18. The summed E-state index contributed by atoms with van der Waals surface area (Å²) in [5.41, 5.74) is 3.19. The fourth-order valence-electron chi connectivity index (χ4n) is 3.33. The van der Waals surface area contributed by atoms with Crippen molar-refractivity contribution in [2.24, 2.45) is 0 Å². The van der Waals surface area contributed by atoms with Crippen LogP contribution in [0.3, 0.4) is 0 Å². The highest BCUT2D eigenvalue weighted by Crippen LogP contribution is 2.30. The lowest BCUT2D eigenvalue weighted by molar-refractivity contribution is 0.568. The summed E-state index contributed by atoms with van der Waals surface area (Å²) >= 11 is 0. The van der Waals surface area contributed by atoms with Crippen LogP contribution in [0.25, 0.3) is 0 Å². The number of nitrogens with zero attached hydrogens (tertiary/aromatic N) is 2. The van der Waals surface area contributed by atoms with Gasteiger partial charge in [0, 0.05) is 30.4 Å². The van der Waals surface area contributed by atoms with E-state index in [1.54, 1.807) is 49.4 Å². The van der Waals surface area contributed by atoms with E-state index in [1.807, 2.05) is 4.90 Å². The molecule has 0 aliphatic carbocycles. The van der Waals surface area contributed by atoms with Gasteiger partial charge in [-0.2, -0.15) is 5.26 Å². The molecule has 0 saturated carbocycles. The molecule has 0 fully saturated rings. The Hall–Kier alpha value is -3.44. The number of sulfonamides is 1. The summed E-state index contributed by atoms with van der Waals surface area (Å²) in [7, 11) is -3.50. The van der Waals surface area contributed by atoms with E-state index in [0.717, 1.165) is 17.9 Å². The average molecular weight is 442 g/mol. The minimum absolute atomic E-state index is 0.0923. The van der Waals surface area contributed by atoms with Gasteiger partial charge < -0.3 is 4.90 Å². The molecule has 1 N–H and O–H groups in total. The van der Waals surface area contributed by atoms with Gasteiger partial charge in [0.25, 0.3) is 0 Å². The predicted molar refractivity (Wildman–Crippen MR) is 117 cm³/mol. The van der Waals surface area contributed by atoms with Gasteiger partial charge in [0.1, 0.15) is 11.6 Å². The van der Waals surface area contributed by atoms with Crippen LogP contribution in [-0.2, 0) is 23.1 Å². The molecule has 3 rings (SSSR count). The Labute approximate surface area is 180 Å². The molecule has 3 aromatic rings. The molecule has 3 aromatic carbocycles. The van der Waals surface area contributed by atoms with Crippen molar-refractivity contribution in [2.45, 2.75) is 20.0 Å². The van der Waals surface area contributed by atoms with Crippen LogP contribution in [0.1, 0.15) is 22.3 Å². The van der Waals surface area contributed by atoms with Gasteiger partial charge in [-0.25, -0.2) is 17.2 Å². The van der Waals surface area contributed by atoms with E-state index in [0.29, 0.717) is 22.5 Å². The number of nitrogens with one attached hydrogen (secondary N) is 1. The van der Waals surface area contributed by atoms with Crippen LogP contribution in [0.15, 0.2) is 60.7 Å². The maximum Gasteiger partial charge on any atom is 0.229 e. The summed E-state index contributed by atoms with van der Waals surface area (Å²) in [5.74, 6) is -1.35. The quantitative estimate of drug-likeness (QED) is 0.576. The van der Waals surface area contributed by atoms with Crippen molar-refractivity contribution in [3.63, 3.8) is 0 Å². The fraction of sp³-hybridized carbons (Fsp3) is 0.174. The molecule has 31 heavy (non-hydrogen) atoms. The number of anilines is 2. The number of benzene rings is 3. The average Bonchev–Trinajstić information content (AvgIpc) is 2.70. The second-order valence-electron chi connectivity index (χ2n) is 7.18. The lowest BCUT2D eigenvalue weighted by Gasteiger charge is -2.28. The van der Waals surface area contributed by atoms with E-state index in [2.05, 4.69) is 10.8 Å². The van der Waals surface area contributed by atoms with Crippen molar-refractivity contribution in [3.8, 4) is 6.07 Å². The number of rotatable bonds is 7. The molecule has 0 saturated heterocycles. The van der Waals surface area contributed by atoms with E-state index in [1.165, 1.54) is 12.1 Å². The smallest absolute Gasteiger partial charge is 0.229 e. The van der Waals surface area contributed by atoms with Gasteiger partial charge in [0.2, 0.25) is 10.0 Å². The Morgan fingerprint density at radius 1 is 1.00 bits per heavy atom. The van der Waals surface area contributed by atoms with Crippen molar-refractivity contribution in [2.75, 3.05) is 15.9 Å². The Morgan fingerprint density at radius 2 is 1.71 bits per heavy atom. The summed E-state index contributed by atoms with van der Waals surface area (Å²) in [6, 6.07) is 17.7. The second-order valence-corrected chi connectivity index (χ2v) is 8.93. The molecule has 5 nitrogen and oxygen atoms in total. The minimum Gasteiger partial charge on any atom is -0.362 e. The third-order valence-corrected chi connectivity index (χ3v) is 5.41. The molecule has 0 amide bonds. The Morgan fingerprint density at radius 3 is 2.39 bits per heavy atom. The van der Waals surface area contributed by atoms with Gasteiger partial charge in [0.15, 0.2) is 0 Å². The number of hydrogen-bond acceptors (Lipinski definition) is 4. The first-order valence-electron chi connectivity index (χ1n) is 9.42. The molecule has 0 heterocycles. The molecule has 0 aliphatic heterocycles. The lowest BCUT2D eigenvalue weighted by atomic mass is 10.1. The monoisotopic (exact) mass is 441 g/mol. The summed E-state index contributed by atoms with van der Waals surface area (Å²) in [4.78, 5) is 1.83. The topological polar surface area (TPSA) is 73.2 Å². The molecule has 160 valence electrons. The van der Waals surface area contributed by atoms with Gasteiger partial charge in [-0.15, -0.1) is 0 Å². The maximum absolute atomic E-state index is 14.4. The van der Waals surface area contributed by atoms with Gasteiger partial charge in [-0.05, 0) is 42.3 Å². The zero-order valence-corrected chi connectivity index (χ0v) is 17.9. The third kappa shape index (κ3) is 5.58. The summed E-state index contributed by atoms with van der Waals surface area (Å²) in [6.45, 7) is 2.12. The number of halogens is 2. The minimum atomic E-state index is -3.50. The fourth-order valence-corrected chi connectivity index (χ4v) is 3.95. The molecule has 0 spiro atoms. The highest BCUT2D eigenvalue weighted by atomic mass is 32.2. The van der Waals surface area contributed by atoms with E-state index in [9.17, 15) is 22.5 Å². The third-order valence-electron chi connectivity index (χ3n) is 4.82. The first-order valence-corrected chi connectivity index (χ1v) is 11.3. The van der Waals surface area contributed by atoms with E-state index >= 15 is 0 Å². The SMILES string of the molecule is Cc1c(NS(C)(=O)=O)cccc1N(Cc1ccc(F)cc1F)Cc1ccccc1C#N. The van der Waals surface area contributed by atoms with Crippen LogP contribution in [0.2, 0.25) is 0 Å². The van der Waals surface area contributed by atoms with Crippen molar-refractivity contribution in [1.82, 2.24) is 0 Å². The first kappa shape index (κ1) is 22.2. The molecule has 0 radical (unpaired) electrons. The van der Waals surface area contributed by atoms with Crippen LogP contribution in [0.5, 0.6) is 0 Å². The first-order chi connectivity index (χ1) is 14.7. The van der Waals surface area contributed by atoms with Gasteiger partial charge in [-0.1, -0.05) is 30.3 Å². The Kier molecular flexibility index (Phi) is 6.56. The van der Waals surface area contributed by atoms with Crippen LogP contribution >= 0.6 is 0 Å². The summed E-state index contributed by atoms with van der Waals surface area (Å²) in [5, 5.41) is 9.45. The highest BCUT2D eigenvalue weighted by molar-refractivity contribution is 7.92. The maximum atomic E-state index is 14.4. The largest absolute Gasteiger partial charge is 0.362 e. The standard InChI is InChI=1S/C23H21F2N3O2S/c1-16-22(27-31(2,29)30)8-5-9-23(16)28(14-18-7-4-3-6-17(18)13-26)15-19-10-11-20(24)12-21(19)25/h3-12,27H,14-15H2,1-2H3. The number of hydrogen-bond donors (Lipinski definition) is 1. The van der Waals surface area contributed by atoms with E-state index in [-0.39, 0.29) is 18.7 Å². The van der Waals surface area contributed by atoms with Crippen LogP contribution in [-0.4, -0.2) is 14.7 Å². The van der Waals surface area contributed by atoms with Gasteiger partial charge in [-0.3, -0.25) is 4.72 Å². The molecule has 0 unspecified atom stereocenters. The van der Waals surface area contributed by atoms with Crippen molar-refractivity contribution >= 4 is 21.4 Å². The van der Waals surface area contributed by atoms with Crippen molar-refractivity contribution in [3.05, 3.63) is 94.6 Å². The van der Waals surface area contributed by atoms with Crippen LogP contribution in [0, 0.1) is 29.9 Å². The summed E-state index contributed by atoms with van der Waals surface area (Å²) in [6.07, 6.45) is 1.06. The Balaban J connectivity index is 2.07. The molecule has 0 atom stereocenters. The van der Waals surface area contributed by atoms with E-state index in [4.69, 9.17) is 0 Å². The molecule has 0 aromatic heterocycles. The van der Waals surface area contributed by atoms with Crippen molar-refractivity contribution < 1.29 is 17.2 Å². The normalized spacial score (nSPS) is 11.1. The molecule has 0 bridgehead atoms. The predicted octanol–water partition coefficient (Wildman–Crippen LogP) is 4.72. The lowest BCUT2D eigenvalue weighted by Crippen LogP contribution is -2.24. The molecule has 8 heteroatoms. The summed E-state index contributed by atoms with van der Waals surface area (Å²) < 4.78 is 53.7. The van der Waals surface area contributed by atoms with Gasteiger partial charge >= 0.3 is 0 Å². The second kappa shape index (κ2) is 9.14. The zero-order chi connectivity index (χ0) is 22.6. The Bertz CT molecular complexity index is 1250. The molecular formula is C23H21F2N3O2S. The zero-order valence-electron chi connectivity index (χ0n) is 17.1. The van der Waals surface area contributed by atoms with Crippen LogP contribution < -0.4 is 9.62 Å². The van der Waals surface area contributed by atoms with Crippen LogP contribution in [0.4, 0.5) is 20.2 Å². The molecular weight excluding hydrogens is 420 g/mol. The van der Waals surface area contributed by atoms with E-state index < -0.39 is 21.7 Å². The number of nitriles is 1. The molecule has 0 aliphatic rings. The van der Waals surface area contributed by atoms with Crippen molar-refractivity contribution in [1.29, 1.82) is 5.26 Å².